The normalized spacial score (nSPS) is 19.1. The highest BCUT2D eigenvalue weighted by Crippen LogP contribution is 2.36. The number of piperidine rings is 1. The molecule has 6 nitrogen and oxygen atoms in total. The summed E-state index contributed by atoms with van der Waals surface area (Å²) in [6.07, 6.45) is 9.83. The number of nitrogens with one attached hydrogen (secondary N) is 1. The Morgan fingerprint density at radius 1 is 1.03 bits per heavy atom. The van der Waals surface area contributed by atoms with Crippen molar-refractivity contribution in [2.24, 2.45) is 5.92 Å². The van der Waals surface area contributed by atoms with Crippen molar-refractivity contribution in [3.63, 3.8) is 0 Å². The minimum atomic E-state index is -3.50. The van der Waals surface area contributed by atoms with Gasteiger partial charge in [-0.15, -0.1) is 0 Å². The second-order valence-corrected chi connectivity index (χ2v) is 12.6. The van der Waals surface area contributed by atoms with Gasteiger partial charge in [-0.05, 0) is 80.7 Å². The molecule has 1 N–H and O–H groups in total. The topological polar surface area (TPSA) is 83.6 Å². The van der Waals surface area contributed by atoms with Gasteiger partial charge >= 0.3 is 0 Å². The summed E-state index contributed by atoms with van der Waals surface area (Å²) in [7, 11) is -3.50. The van der Waals surface area contributed by atoms with Crippen molar-refractivity contribution in [3.8, 4) is 0 Å². The maximum atomic E-state index is 12.9. The fourth-order valence-corrected chi connectivity index (χ4v) is 6.49. The number of ketones is 2. The van der Waals surface area contributed by atoms with Crippen molar-refractivity contribution in [2.45, 2.75) is 77.0 Å². The van der Waals surface area contributed by atoms with Crippen LogP contribution in [0, 0.1) is 12.8 Å². The number of hydrogen-bond donors (Lipinski definition) is 1. The SMILES string of the molecule is Cc1ccccc1C1CCN(c2ccc(C(=O)CCCCC3CCCCC3=O)cc2NS(C)(=O)=O)CC1. The quantitative estimate of drug-likeness (QED) is 0.293. The van der Waals surface area contributed by atoms with E-state index in [1.54, 1.807) is 6.07 Å². The molecule has 1 unspecified atom stereocenters. The molecule has 0 radical (unpaired) electrons. The third-order valence-corrected chi connectivity index (χ3v) is 8.56. The van der Waals surface area contributed by atoms with Crippen LogP contribution in [0.25, 0.3) is 0 Å². The summed E-state index contributed by atoms with van der Waals surface area (Å²) in [6.45, 7) is 3.80. The fourth-order valence-electron chi connectivity index (χ4n) is 5.92. The molecule has 2 aromatic rings. The second kappa shape index (κ2) is 12.2. The second-order valence-electron chi connectivity index (χ2n) is 10.8. The molecule has 1 aliphatic carbocycles. The average Bonchev–Trinajstić information content (AvgIpc) is 2.87. The van der Waals surface area contributed by atoms with Gasteiger partial charge in [0.25, 0.3) is 0 Å². The van der Waals surface area contributed by atoms with Crippen LogP contribution < -0.4 is 9.62 Å². The Balaban J connectivity index is 1.39. The van der Waals surface area contributed by atoms with Gasteiger partial charge in [-0.25, -0.2) is 8.42 Å². The van der Waals surface area contributed by atoms with Crippen LogP contribution in [-0.2, 0) is 14.8 Å². The summed E-state index contributed by atoms with van der Waals surface area (Å²) in [5.41, 5.74) is 4.52. The first-order valence-electron chi connectivity index (χ1n) is 13.7. The van der Waals surface area contributed by atoms with Gasteiger partial charge in [-0.3, -0.25) is 14.3 Å². The maximum absolute atomic E-state index is 12.9. The molecular formula is C30H40N2O4S. The van der Waals surface area contributed by atoms with Crippen LogP contribution in [0.2, 0.25) is 0 Å². The molecule has 2 aromatic carbocycles. The van der Waals surface area contributed by atoms with Gasteiger partial charge < -0.3 is 4.90 Å². The van der Waals surface area contributed by atoms with Gasteiger partial charge in [0.05, 0.1) is 17.6 Å². The largest absolute Gasteiger partial charge is 0.370 e. The smallest absolute Gasteiger partial charge is 0.229 e. The molecule has 0 bridgehead atoms. The van der Waals surface area contributed by atoms with E-state index in [2.05, 4.69) is 40.8 Å². The highest BCUT2D eigenvalue weighted by Gasteiger charge is 2.25. The number of nitrogens with zero attached hydrogens (tertiary/aromatic N) is 1. The van der Waals surface area contributed by atoms with E-state index in [9.17, 15) is 18.0 Å². The number of unbranched alkanes of at least 4 members (excludes halogenated alkanes) is 1. The summed E-state index contributed by atoms with van der Waals surface area (Å²) in [5, 5.41) is 0. The zero-order valence-electron chi connectivity index (χ0n) is 22.2. The minimum Gasteiger partial charge on any atom is -0.370 e. The number of carbonyl (C=O) groups excluding carboxylic acids is 2. The average molecular weight is 525 g/mol. The number of anilines is 2. The maximum Gasteiger partial charge on any atom is 0.229 e. The summed E-state index contributed by atoms with van der Waals surface area (Å²) in [6, 6.07) is 13.9. The summed E-state index contributed by atoms with van der Waals surface area (Å²) < 4.78 is 26.9. The molecule has 0 aromatic heterocycles. The van der Waals surface area contributed by atoms with E-state index >= 15 is 0 Å². The first-order chi connectivity index (χ1) is 17.7. The molecule has 1 atom stereocenters. The third kappa shape index (κ3) is 7.44. The van der Waals surface area contributed by atoms with E-state index in [1.807, 2.05) is 12.1 Å². The monoisotopic (exact) mass is 524 g/mol. The Labute approximate surface area is 221 Å². The van der Waals surface area contributed by atoms with Crippen molar-refractivity contribution in [3.05, 3.63) is 59.2 Å². The lowest BCUT2D eigenvalue weighted by Crippen LogP contribution is -2.33. The van der Waals surface area contributed by atoms with Gasteiger partial charge in [-0.2, -0.15) is 0 Å². The van der Waals surface area contributed by atoms with Crippen LogP contribution in [0.3, 0.4) is 0 Å². The first kappa shape index (κ1) is 27.4. The molecule has 1 heterocycles. The lowest BCUT2D eigenvalue weighted by Gasteiger charge is -2.35. The van der Waals surface area contributed by atoms with Crippen LogP contribution in [0.1, 0.15) is 91.6 Å². The fraction of sp³-hybridized carbons (Fsp3) is 0.533. The van der Waals surface area contributed by atoms with E-state index in [1.165, 1.54) is 11.1 Å². The van der Waals surface area contributed by atoms with Crippen molar-refractivity contribution in [1.29, 1.82) is 0 Å². The van der Waals surface area contributed by atoms with Crippen LogP contribution >= 0.6 is 0 Å². The van der Waals surface area contributed by atoms with Gasteiger partial charge in [0.2, 0.25) is 10.0 Å². The predicted octanol–water partition coefficient (Wildman–Crippen LogP) is 6.25. The summed E-state index contributed by atoms with van der Waals surface area (Å²) in [5.74, 6) is 1.06. The lowest BCUT2D eigenvalue weighted by atomic mass is 9.84. The summed E-state index contributed by atoms with van der Waals surface area (Å²) >= 11 is 0. The van der Waals surface area contributed by atoms with Crippen LogP contribution in [0.5, 0.6) is 0 Å². The number of sulfonamides is 1. The summed E-state index contributed by atoms with van der Waals surface area (Å²) in [4.78, 5) is 27.2. The molecule has 0 amide bonds. The van der Waals surface area contributed by atoms with Gasteiger partial charge in [-0.1, -0.05) is 37.1 Å². The molecule has 2 aliphatic rings. The Hall–Kier alpha value is -2.67. The molecule has 7 heteroatoms. The molecular weight excluding hydrogens is 484 g/mol. The standard InChI is InChI=1S/C30H40N2O4S/c1-22-9-3-6-12-26(22)23-17-19-32(20-18-23)28-16-15-25(21-27(28)31-37(2,35)36)30(34)14-8-5-11-24-10-4-7-13-29(24)33/h3,6,9,12,15-16,21,23-24,31H,4-5,7-8,10-11,13-14,17-20H2,1-2H3. The molecule has 0 spiro atoms. The Kier molecular flexibility index (Phi) is 9.06. The molecule has 1 saturated heterocycles. The number of rotatable bonds is 10. The predicted molar refractivity (Wildman–Crippen MR) is 150 cm³/mol. The van der Waals surface area contributed by atoms with Gasteiger partial charge in [0, 0.05) is 37.4 Å². The van der Waals surface area contributed by atoms with E-state index in [0.29, 0.717) is 35.8 Å². The van der Waals surface area contributed by atoms with Crippen LogP contribution in [0.15, 0.2) is 42.5 Å². The Morgan fingerprint density at radius 3 is 2.49 bits per heavy atom. The zero-order valence-corrected chi connectivity index (χ0v) is 23.0. The number of Topliss-reactive ketones (excluding diaryl/α,β-unsaturated/α-hetero) is 2. The van der Waals surface area contributed by atoms with Crippen molar-refractivity contribution in [1.82, 2.24) is 0 Å². The van der Waals surface area contributed by atoms with E-state index in [4.69, 9.17) is 0 Å². The van der Waals surface area contributed by atoms with Crippen molar-refractivity contribution >= 4 is 33.0 Å². The van der Waals surface area contributed by atoms with Crippen molar-refractivity contribution < 1.29 is 18.0 Å². The number of aryl methyl sites for hydroxylation is 1. The number of hydrogen-bond acceptors (Lipinski definition) is 5. The number of carbonyl (C=O) groups is 2. The Bertz CT molecular complexity index is 1220. The molecule has 37 heavy (non-hydrogen) atoms. The molecule has 1 saturated carbocycles. The third-order valence-electron chi connectivity index (χ3n) is 7.97. The van der Waals surface area contributed by atoms with Crippen LogP contribution in [0.4, 0.5) is 11.4 Å². The highest BCUT2D eigenvalue weighted by molar-refractivity contribution is 7.92. The van der Waals surface area contributed by atoms with Gasteiger partial charge in [0.1, 0.15) is 5.78 Å². The Morgan fingerprint density at radius 2 is 1.78 bits per heavy atom. The van der Waals surface area contributed by atoms with Gasteiger partial charge in [0.15, 0.2) is 5.78 Å². The minimum absolute atomic E-state index is 0.0105. The molecule has 1 aliphatic heterocycles. The van der Waals surface area contributed by atoms with E-state index in [-0.39, 0.29) is 11.7 Å². The highest BCUT2D eigenvalue weighted by atomic mass is 32.2. The lowest BCUT2D eigenvalue weighted by molar-refractivity contribution is -0.124. The molecule has 4 rings (SSSR count). The zero-order chi connectivity index (χ0) is 26.4. The number of benzene rings is 2. The van der Waals surface area contributed by atoms with E-state index in [0.717, 1.165) is 76.4 Å². The van der Waals surface area contributed by atoms with Crippen LogP contribution in [-0.4, -0.2) is 39.3 Å². The molecule has 2 fully saturated rings. The molecule has 200 valence electrons. The first-order valence-corrected chi connectivity index (χ1v) is 15.6. The van der Waals surface area contributed by atoms with E-state index < -0.39 is 10.0 Å². The van der Waals surface area contributed by atoms with Crippen molar-refractivity contribution in [2.75, 3.05) is 29.0 Å².